The molecule has 1 aliphatic rings. The summed E-state index contributed by atoms with van der Waals surface area (Å²) in [7, 11) is 0. The minimum absolute atomic E-state index is 0.157. The summed E-state index contributed by atoms with van der Waals surface area (Å²) in [5, 5.41) is 0.259. The molecule has 1 aromatic carbocycles. The highest BCUT2D eigenvalue weighted by molar-refractivity contribution is 9.10. The molecule has 1 fully saturated rings. The standard InChI is InChI=1S/C14H18BrClO/c1-3-14(4-2)12(16)9-13(14)17-11-7-5-6-10(15)8-11/h5-8,12-13H,3-4,9H2,1-2H3. The molecule has 2 unspecified atom stereocenters. The lowest BCUT2D eigenvalue weighted by Gasteiger charge is -2.52. The van der Waals surface area contributed by atoms with Gasteiger partial charge >= 0.3 is 0 Å². The molecule has 1 aromatic rings. The molecule has 1 aliphatic carbocycles. The zero-order chi connectivity index (χ0) is 12.5. The van der Waals surface area contributed by atoms with Crippen LogP contribution in [0.2, 0.25) is 0 Å². The summed E-state index contributed by atoms with van der Waals surface area (Å²) >= 11 is 9.84. The van der Waals surface area contributed by atoms with Gasteiger partial charge in [0.2, 0.25) is 0 Å². The molecule has 0 spiro atoms. The van der Waals surface area contributed by atoms with Crippen LogP contribution < -0.4 is 4.74 Å². The third-order valence-corrected chi connectivity index (χ3v) is 5.18. The van der Waals surface area contributed by atoms with Crippen molar-refractivity contribution in [1.82, 2.24) is 0 Å². The maximum Gasteiger partial charge on any atom is 0.120 e. The van der Waals surface area contributed by atoms with E-state index in [1.54, 1.807) is 0 Å². The highest BCUT2D eigenvalue weighted by Crippen LogP contribution is 2.51. The SMILES string of the molecule is CCC1(CC)C(Cl)CC1Oc1cccc(Br)c1. The Morgan fingerprint density at radius 2 is 2.12 bits per heavy atom. The van der Waals surface area contributed by atoms with Crippen molar-refractivity contribution in [3.63, 3.8) is 0 Å². The first kappa shape index (κ1) is 13.2. The molecule has 17 heavy (non-hydrogen) atoms. The van der Waals surface area contributed by atoms with Crippen LogP contribution in [0.15, 0.2) is 28.7 Å². The lowest BCUT2D eigenvalue weighted by atomic mass is 9.62. The van der Waals surface area contributed by atoms with Gasteiger partial charge in [0.05, 0.1) is 0 Å². The lowest BCUT2D eigenvalue weighted by Crippen LogP contribution is -2.56. The molecule has 2 atom stereocenters. The van der Waals surface area contributed by atoms with Gasteiger partial charge in [-0.05, 0) is 31.0 Å². The van der Waals surface area contributed by atoms with E-state index < -0.39 is 0 Å². The van der Waals surface area contributed by atoms with Crippen molar-refractivity contribution in [3.05, 3.63) is 28.7 Å². The molecular weight excluding hydrogens is 300 g/mol. The van der Waals surface area contributed by atoms with E-state index >= 15 is 0 Å². The number of hydrogen-bond acceptors (Lipinski definition) is 1. The fraction of sp³-hybridized carbons (Fsp3) is 0.571. The van der Waals surface area contributed by atoms with Gasteiger partial charge in [-0.2, -0.15) is 0 Å². The number of ether oxygens (including phenoxy) is 1. The Kier molecular flexibility index (Phi) is 4.04. The fourth-order valence-electron chi connectivity index (χ4n) is 2.72. The summed E-state index contributed by atoms with van der Waals surface area (Å²) < 4.78 is 7.14. The molecule has 0 saturated heterocycles. The molecule has 0 aliphatic heterocycles. The Balaban J connectivity index is 2.10. The Morgan fingerprint density at radius 3 is 2.65 bits per heavy atom. The molecule has 0 amide bonds. The fourth-order valence-corrected chi connectivity index (χ4v) is 3.71. The number of alkyl halides is 1. The number of halogens is 2. The molecule has 2 rings (SSSR count). The van der Waals surface area contributed by atoms with Crippen molar-refractivity contribution in [2.75, 3.05) is 0 Å². The van der Waals surface area contributed by atoms with Gasteiger partial charge in [-0.15, -0.1) is 11.6 Å². The van der Waals surface area contributed by atoms with Crippen LogP contribution in [-0.2, 0) is 0 Å². The first-order chi connectivity index (χ1) is 8.12. The van der Waals surface area contributed by atoms with Gasteiger partial charge in [0.1, 0.15) is 11.9 Å². The van der Waals surface area contributed by atoms with E-state index in [4.69, 9.17) is 16.3 Å². The van der Waals surface area contributed by atoms with Crippen molar-refractivity contribution in [1.29, 1.82) is 0 Å². The average Bonchev–Trinajstić information content (AvgIpc) is 2.30. The predicted octanol–water partition coefficient (Wildman–Crippen LogP) is 5.01. The Hall–Kier alpha value is -0.210. The van der Waals surface area contributed by atoms with Gasteiger partial charge in [0, 0.05) is 21.7 Å². The van der Waals surface area contributed by atoms with E-state index in [-0.39, 0.29) is 16.9 Å². The van der Waals surface area contributed by atoms with Crippen LogP contribution in [0, 0.1) is 5.41 Å². The molecule has 1 nitrogen and oxygen atoms in total. The third-order valence-electron chi connectivity index (χ3n) is 4.08. The predicted molar refractivity (Wildman–Crippen MR) is 75.8 cm³/mol. The molecule has 0 N–H and O–H groups in total. The van der Waals surface area contributed by atoms with Crippen LogP contribution in [0.5, 0.6) is 5.75 Å². The van der Waals surface area contributed by atoms with Gasteiger partial charge in [0.15, 0.2) is 0 Å². The summed E-state index contributed by atoms with van der Waals surface area (Å²) in [6.07, 6.45) is 3.37. The largest absolute Gasteiger partial charge is 0.490 e. The Bertz CT molecular complexity index is 390. The van der Waals surface area contributed by atoms with Crippen LogP contribution in [0.4, 0.5) is 0 Å². The highest BCUT2D eigenvalue weighted by Gasteiger charge is 2.53. The lowest BCUT2D eigenvalue weighted by molar-refractivity contribution is -0.0462. The molecule has 1 saturated carbocycles. The van der Waals surface area contributed by atoms with Crippen LogP contribution in [0.1, 0.15) is 33.1 Å². The van der Waals surface area contributed by atoms with Crippen molar-refractivity contribution >= 4 is 27.5 Å². The Morgan fingerprint density at radius 1 is 1.41 bits per heavy atom. The van der Waals surface area contributed by atoms with E-state index in [9.17, 15) is 0 Å². The number of rotatable bonds is 4. The zero-order valence-electron chi connectivity index (χ0n) is 10.2. The van der Waals surface area contributed by atoms with E-state index in [1.807, 2.05) is 24.3 Å². The van der Waals surface area contributed by atoms with Gasteiger partial charge in [0.25, 0.3) is 0 Å². The second-order valence-corrected chi connectivity index (χ2v) is 6.15. The summed E-state index contributed by atoms with van der Waals surface area (Å²) in [5.74, 6) is 0.930. The maximum absolute atomic E-state index is 6.38. The highest BCUT2D eigenvalue weighted by atomic mass is 79.9. The average molecular weight is 318 g/mol. The van der Waals surface area contributed by atoms with Crippen molar-refractivity contribution in [2.45, 2.75) is 44.6 Å². The van der Waals surface area contributed by atoms with E-state index in [2.05, 4.69) is 29.8 Å². The molecule has 0 radical (unpaired) electrons. The van der Waals surface area contributed by atoms with E-state index in [0.717, 1.165) is 29.5 Å². The van der Waals surface area contributed by atoms with Crippen LogP contribution in [-0.4, -0.2) is 11.5 Å². The van der Waals surface area contributed by atoms with Gasteiger partial charge in [-0.25, -0.2) is 0 Å². The summed E-state index contributed by atoms with van der Waals surface area (Å²) in [6.45, 7) is 4.41. The van der Waals surface area contributed by atoms with Crippen LogP contribution in [0.3, 0.4) is 0 Å². The molecule has 0 heterocycles. The summed E-state index contributed by atoms with van der Waals surface area (Å²) in [6, 6.07) is 8.01. The smallest absolute Gasteiger partial charge is 0.120 e. The third kappa shape index (κ3) is 2.34. The normalized spacial score (nSPS) is 26.4. The molecule has 3 heteroatoms. The van der Waals surface area contributed by atoms with Gasteiger partial charge < -0.3 is 4.74 Å². The molecule has 94 valence electrons. The Labute approximate surface area is 117 Å². The van der Waals surface area contributed by atoms with Gasteiger partial charge in [-0.3, -0.25) is 0 Å². The topological polar surface area (TPSA) is 9.23 Å². The van der Waals surface area contributed by atoms with Gasteiger partial charge in [-0.1, -0.05) is 35.8 Å². The first-order valence-corrected chi connectivity index (χ1v) is 7.41. The van der Waals surface area contributed by atoms with Crippen LogP contribution in [0.25, 0.3) is 0 Å². The monoisotopic (exact) mass is 316 g/mol. The van der Waals surface area contributed by atoms with Crippen molar-refractivity contribution in [2.24, 2.45) is 5.41 Å². The second-order valence-electron chi connectivity index (χ2n) is 4.71. The molecule has 0 bridgehead atoms. The van der Waals surface area contributed by atoms with Crippen LogP contribution >= 0.6 is 27.5 Å². The number of hydrogen-bond donors (Lipinski definition) is 0. The minimum Gasteiger partial charge on any atom is -0.490 e. The number of benzene rings is 1. The van der Waals surface area contributed by atoms with E-state index in [1.165, 1.54) is 0 Å². The quantitative estimate of drug-likeness (QED) is 0.709. The minimum atomic E-state index is 0.157. The first-order valence-electron chi connectivity index (χ1n) is 6.18. The summed E-state index contributed by atoms with van der Waals surface area (Å²) in [5.41, 5.74) is 0.157. The van der Waals surface area contributed by atoms with Crippen molar-refractivity contribution < 1.29 is 4.74 Å². The zero-order valence-corrected chi connectivity index (χ0v) is 12.6. The second kappa shape index (κ2) is 5.19. The maximum atomic E-state index is 6.38. The van der Waals surface area contributed by atoms with E-state index in [0.29, 0.717) is 0 Å². The van der Waals surface area contributed by atoms with Crippen molar-refractivity contribution in [3.8, 4) is 5.75 Å². The molecule has 0 aromatic heterocycles. The summed E-state index contributed by atoms with van der Waals surface area (Å²) in [4.78, 5) is 0. The molecular formula is C14H18BrClO.